The van der Waals surface area contributed by atoms with Crippen molar-refractivity contribution in [3.05, 3.63) is 40.5 Å². The van der Waals surface area contributed by atoms with E-state index >= 15 is 0 Å². The van der Waals surface area contributed by atoms with Gasteiger partial charge >= 0.3 is 0 Å². The van der Waals surface area contributed by atoms with Crippen LogP contribution < -0.4 is 4.74 Å². The lowest BCUT2D eigenvalue weighted by Gasteiger charge is -2.16. The van der Waals surface area contributed by atoms with Crippen LogP contribution in [0.1, 0.15) is 29.6 Å². The van der Waals surface area contributed by atoms with Gasteiger partial charge in [0.05, 0.1) is 13.0 Å². The number of likely N-dealkylation sites (tertiary alicyclic amines) is 1. The molecular formula is C15H18ClN3O2. The van der Waals surface area contributed by atoms with Crippen LogP contribution in [-0.4, -0.2) is 35.2 Å². The predicted molar refractivity (Wildman–Crippen MR) is 79.7 cm³/mol. The first-order chi connectivity index (χ1) is 10.2. The Labute approximate surface area is 128 Å². The molecule has 112 valence electrons. The van der Waals surface area contributed by atoms with Gasteiger partial charge in [0, 0.05) is 18.1 Å². The zero-order valence-electron chi connectivity index (χ0n) is 12.2. The average molecular weight is 308 g/mol. The topological polar surface area (TPSA) is 51.4 Å². The normalized spacial score (nSPS) is 19.1. The molecule has 21 heavy (non-hydrogen) atoms. The number of halogens is 1. The minimum Gasteiger partial charge on any atom is -0.497 e. The van der Waals surface area contributed by atoms with Gasteiger partial charge in [-0.3, -0.25) is 4.90 Å². The van der Waals surface area contributed by atoms with Crippen LogP contribution in [0.3, 0.4) is 0 Å². The standard InChI is InChI=1S/C15H18ClN3O2/c1-10-17-15(21-18-10)11-5-6-19(8-11)9-12-7-13(20-2)3-4-14(12)16/h3-4,7,11H,5-6,8-9H2,1-2H3. The molecule has 0 aliphatic carbocycles. The number of methoxy groups -OCH3 is 1. The van der Waals surface area contributed by atoms with E-state index in [-0.39, 0.29) is 0 Å². The maximum absolute atomic E-state index is 6.27. The first-order valence-electron chi connectivity index (χ1n) is 7.00. The Morgan fingerprint density at radius 1 is 1.48 bits per heavy atom. The largest absolute Gasteiger partial charge is 0.497 e. The molecule has 1 aromatic carbocycles. The molecule has 0 saturated carbocycles. The summed E-state index contributed by atoms with van der Waals surface area (Å²) in [7, 11) is 1.66. The number of hydrogen-bond donors (Lipinski definition) is 0. The zero-order chi connectivity index (χ0) is 14.8. The highest BCUT2D eigenvalue weighted by atomic mass is 35.5. The SMILES string of the molecule is COc1ccc(Cl)c(CN2CCC(c3nc(C)no3)C2)c1. The predicted octanol–water partition coefficient (Wildman–Crippen LogP) is 3.03. The number of hydrogen-bond acceptors (Lipinski definition) is 5. The fourth-order valence-electron chi connectivity index (χ4n) is 2.70. The van der Waals surface area contributed by atoms with Gasteiger partial charge in [-0.25, -0.2) is 0 Å². The number of nitrogens with zero attached hydrogens (tertiary/aromatic N) is 3. The van der Waals surface area contributed by atoms with E-state index in [0.717, 1.165) is 48.3 Å². The molecule has 1 fully saturated rings. The van der Waals surface area contributed by atoms with Crippen LogP contribution in [0.4, 0.5) is 0 Å². The van der Waals surface area contributed by atoms with Gasteiger partial charge in [0.2, 0.25) is 5.89 Å². The van der Waals surface area contributed by atoms with Crippen LogP contribution >= 0.6 is 11.6 Å². The quantitative estimate of drug-likeness (QED) is 0.869. The van der Waals surface area contributed by atoms with Crippen molar-refractivity contribution in [3.63, 3.8) is 0 Å². The van der Waals surface area contributed by atoms with Gasteiger partial charge in [0.1, 0.15) is 5.75 Å². The van der Waals surface area contributed by atoms with Crippen molar-refractivity contribution in [3.8, 4) is 5.75 Å². The molecule has 0 amide bonds. The first-order valence-corrected chi connectivity index (χ1v) is 7.38. The van der Waals surface area contributed by atoms with Crippen LogP contribution in [0, 0.1) is 6.92 Å². The summed E-state index contributed by atoms with van der Waals surface area (Å²) in [6.07, 6.45) is 1.03. The zero-order valence-corrected chi connectivity index (χ0v) is 12.9. The summed E-state index contributed by atoms with van der Waals surface area (Å²) in [6.45, 7) is 4.56. The Hall–Kier alpha value is -1.59. The summed E-state index contributed by atoms with van der Waals surface area (Å²) in [5.41, 5.74) is 1.08. The van der Waals surface area contributed by atoms with Crippen LogP contribution in [0.15, 0.2) is 22.7 Å². The first kappa shape index (κ1) is 14.4. The van der Waals surface area contributed by atoms with Crippen molar-refractivity contribution in [2.24, 2.45) is 0 Å². The highest BCUT2D eigenvalue weighted by Gasteiger charge is 2.28. The Bertz CT molecular complexity index is 629. The van der Waals surface area contributed by atoms with Crippen LogP contribution in [-0.2, 0) is 6.54 Å². The third kappa shape index (κ3) is 3.19. The van der Waals surface area contributed by atoms with Crippen molar-refractivity contribution >= 4 is 11.6 Å². The van der Waals surface area contributed by atoms with Gasteiger partial charge in [0.15, 0.2) is 5.82 Å². The second-order valence-electron chi connectivity index (χ2n) is 5.36. The molecule has 0 radical (unpaired) electrons. The van der Waals surface area contributed by atoms with Gasteiger partial charge in [-0.2, -0.15) is 4.98 Å². The van der Waals surface area contributed by atoms with Crippen LogP contribution in [0.5, 0.6) is 5.75 Å². The highest BCUT2D eigenvalue weighted by Crippen LogP contribution is 2.29. The van der Waals surface area contributed by atoms with Crippen LogP contribution in [0.2, 0.25) is 5.02 Å². The molecule has 0 bridgehead atoms. The summed E-state index contributed by atoms with van der Waals surface area (Å²) in [5.74, 6) is 2.58. The highest BCUT2D eigenvalue weighted by molar-refractivity contribution is 6.31. The fourth-order valence-corrected chi connectivity index (χ4v) is 2.87. The second kappa shape index (κ2) is 6.03. The molecule has 1 aliphatic heterocycles. The van der Waals surface area contributed by atoms with Crippen molar-refractivity contribution < 1.29 is 9.26 Å². The smallest absolute Gasteiger partial charge is 0.231 e. The van der Waals surface area contributed by atoms with Crippen molar-refractivity contribution in [1.82, 2.24) is 15.0 Å². The molecule has 0 N–H and O–H groups in total. The van der Waals surface area contributed by atoms with Gasteiger partial charge in [0.25, 0.3) is 0 Å². The van der Waals surface area contributed by atoms with Gasteiger partial charge in [-0.1, -0.05) is 16.8 Å². The third-order valence-corrected chi connectivity index (χ3v) is 4.18. The van der Waals surface area contributed by atoms with Gasteiger partial charge in [-0.15, -0.1) is 0 Å². The Morgan fingerprint density at radius 3 is 3.05 bits per heavy atom. The van der Waals surface area contributed by atoms with E-state index in [1.54, 1.807) is 7.11 Å². The lowest BCUT2D eigenvalue weighted by molar-refractivity contribution is 0.308. The van der Waals surface area contributed by atoms with Crippen LogP contribution in [0.25, 0.3) is 0 Å². The maximum Gasteiger partial charge on any atom is 0.231 e. The third-order valence-electron chi connectivity index (χ3n) is 3.81. The second-order valence-corrected chi connectivity index (χ2v) is 5.77. The summed E-state index contributed by atoms with van der Waals surface area (Å²) >= 11 is 6.27. The van der Waals surface area contributed by atoms with Crippen molar-refractivity contribution in [2.75, 3.05) is 20.2 Å². The maximum atomic E-state index is 6.27. The van der Waals surface area contributed by atoms with Gasteiger partial charge < -0.3 is 9.26 Å². The minimum absolute atomic E-state index is 0.315. The number of benzene rings is 1. The lowest BCUT2D eigenvalue weighted by atomic mass is 10.1. The molecule has 1 saturated heterocycles. The molecule has 0 spiro atoms. The summed E-state index contributed by atoms with van der Waals surface area (Å²) < 4.78 is 10.5. The Morgan fingerprint density at radius 2 is 2.33 bits per heavy atom. The minimum atomic E-state index is 0.315. The van der Waals surface area contributed by atoms with Crippen molar-refractivity contribution in [2.45, 2.75) is 25.8 Å². The summed E-state index contributed by atoms with van der Waals surface area (Å²) in [4.78, 5) is 6.68. The number of rotatable bonds is 4. The molecule has 3 rings (SSSR count). The average Bonchev–Trinajstić information content (AvgIpc) is 3.10. The van der Waals surface area contributed by atoms with Crippen molar-refractivity contribution in [1.29, 1.82) is 0 Å². The molecule has 6 heteroatoms. The molecule has 2 aromatic rings. The van der Waals surface area contributed by atoms with E-state index < -0.39 is 0 Å². The molecule has 1 atom stereocenters. The summed E-state index contributed by atoms with van der Waals surface area (Å²) in [5, 5.41) is 4.64. The molecule has 1 aromatic heterocycles. The summed E-state index contributed by atoms with van der Waals surface area (Å²) in [6, 6.07) is 5.75. The van der Waals surface area contributed by atoms with E-state index in [2.05, 4.69) is 15.0 Å². The Kier molecular flexibility index (Phi) is 4.12. The monoisotopic (exact) mass is 307 g/mol. The Balaban J connectivity index is 1.67. The number of aryl methyl sites for hydroxylation is 1. The fraction of sp³-hybridized carbons (Fsp3) is 0.467. The lowest BCUT2D eigenvalue weighted by Crippen LogP contribution is -2.20. The molecule has 5 nitrogen and oxygen atoms in total. The van der Waals surface area contributed by atoms with E-state index in [1.165, 1.54) is 0 Å². The van der Waals surface area contributed by atoms with E-state index in [1.807, 2.05) is 25.1 Å². The molecular weight excluding hydrogens is 290 g/mol. The number of ether oxygens (including phenoxy) is 1. The molecule has 1 aliphatic rings. The van der Waals surface area contributed by atoms with Gasteiger partial charge in [-0.05, 0) is 43.7 Å². The number of aromatic nitrogens is 2. The van der Waals surface area contributed by atoms with E-state index in [0.29, 0.717) is 11.7 Å². The van der Waals surface area contributed by atoms with E-state index in [9.17, 15) is 0 Å². The molecule has 1 unspecified atom stereocenters. The molecule has 2 heterocycles. The van der Waals surface area contributed by atoms with E-state index in [4.69, 9.17) is 20.9 Å².